The molecule has 1 aliphatic rings. The fraction of sp³-hybridized carbons (Fsp3) is 0.474. The SMILES string of the molecule is Cn1cc(C(=O)OCC(=O)N2CCCCCCC2)c2ccccc21. The Morgan fingerprint density at radius 2 is 1.71 bits per heavy atom. The summed E-state index contributed by atoms with van der Waals surface area (Å²) in [7, 11) is 1.89. The molecule has 0 N–H and O–H groups in total. The molecular weight excluding hydrogens is 304 g/mol. The lowest BCUT2D eigenvalue weighted by atomic mass is 10.1. The second kappa shape index (κ2) is 7.51. The highest BCUT2D eigenvalue weighted by atomic mass is 16.5. The van der Waals surface area contributed by atoms with Crippen LogP contribution in [0.15, 0.2) is 30.5 Å². The lowest BCUT2D eigenvalue weighted by Gasteiger charge is -2.24. The van der Waals surface area contributed by atoms with Gasteiger partial charge in [0.1, 0.15) is 0 Å². The molecule has 5 nitrogen and oxygen atoms in total. The zero-order chi connectivity index (χ0) is 16.9. The highest BCUT2D eigenvalue weighted by Crippen LogP contribution is 2.21. The van der Waals surface area contributed by atoms with Gasteiger partial charge in [-0.25, -0.2) is 4.79 Å². The van der Waals surface area contributed by atoms with E-state index < -0.39 is 5.97 Å². The first-order chi connectivity index (χ1) is 11.7. The van der Waals surface area contributed by atoms with E-state index in [0.717, 1.165) is 36.8 Å². The van der Waals surface area contributed by atoms with Gasteiger partial charge in [0, 0.05) is 37.2 Å². The van der Waals surface area contributed by atoms with Gasteiger partial charge in [-0.3, -0.25) is 4.79 Å². The van der Waals surface area contributed by atoms with Crippen LogP contribution in [0.25, 0.3) is 10.9 Å². The molecule has 0 saturated carbocycles. The lowest BCUT2D eigenvalue weighted by Crippen LogP contribution is -2.36. The second-order valence-electron chi connectivity index (χ2n) is 6.40. The summed E-state index contributed by atoms with van der Waals surface area (Å²) in [5.41, 5.74) is 1.48. The van der Waals surface area contributed by atoms with Crippen molar-refractivity contribution in [2.45, 2.75) is 32.1 Å². The summed E-state index contributed by atoms with van der Waals surface area (Å²) >= 11 is 0. The number of carbonyl (C=O) groups excluding carboxylic acids is 2. The minimum absolute atomic E-state index is 0.0921. The Labute approximate surface area is 142 Å². The van der Waals surface area contributed by atoms with Crippen LogP contribution in [0, 0.1) is 0 Å². The first kappa shape index (κ1) is 16.6. The van der Waals surface area contributed by atoms with Crippen molar-refractivity contribution in [2.75, 3.05) is 19.7 Å². The minimum atomic E-state index is -0.438. The third-order valence-electron chi connectivity index (χ3n) is 4.65. The normalized spacial score (nSPS) is 15.8. The van der Waals surface area contributed by atoms with Crippen molar-refractivity contribution in [3.05, 3.63) is 36.0 Å². The van der Waals surface area contributed by atoms with Crippen LogP contribution in [-0.2, 0) is 16.6 Å². The van der Waals surface area contributed by atoms with Crippen LogP contribution in [0.4, 0.5) is 0 Å². The third-order valence-corrected chi connectivity index (χ3v) is 4.65. The topological polar surface area (TPSA) is 51.5 Å². The number of aromatic nitrogens is 1. The standard InChI is InChI=1S/C19H24N2O3/c1-20-13-16(15-9-5-6-10-17(15)20)19(23)24-14-18(22)21-11-7-3-2-4-8-12-21/h5-6,9-10,13H,2-4,7-8,11-12,14H2,1H3. The number of hydrogen-bond acceptors (Lipinski definition) is 3. The molecular formula is C19H24N2O3. The number of esters is 1. The maximum Gasteiger partial charge on any atom is 0.340 e. The van der Waals surface area contributed by atoms with Crippen molar-refractivity contribution in [3.8, 4) is 0 Å². The van der Waals surface area contributed by atoms with E-state index in [4.69, 9.17) is 4.74 Å². The van der Waals surface area contributed by atoms with Crippen molar-refractivity contribution in [1.29, 1.82) is 0 Å². The van der Waals surface area contributed by atoms with Gasteiger partial charge in [0.25, 0.3) is 5.91 Å². The molecule has 128 valence electrons. The number of likely N-dealkylation sites (tertiary alicyclic amines) is 1. The second-order valence-corrected chi connectivity index (χ2v) is 6.40. The maximum atomic E-state index is 12.4. The van der Waals surface area contributed by atoms with Crippen molar-refractivity contribution in [2.24, 2.45) is 7.05 Å². The van der Waals surface area contributed by atoms with Crippen molar-refractivity contribution in [1.82, 2.24) is 9.47 Å². The number of hydrogen-bond donors (Lipinski definition) is 0. The molecule has 5 heteroatoms. The molecule has 1 fully saturated rings. The quantitative estimate of drug-likeness (QED) is 0.814. The van der Waals surface area contributed by atoms with Crippen molar-refractivity contribution < 1.29 is 14.3 Å². The molecule has 1 aromatic carbocycles. The van der Waals surface area contributed by atoms with Crippen LogP contribution in [0.1, 0.15) is 42.5 Å². The van der Waals surface area contributed by atoms with Gasteiger partial charge in [0.05, 0.1) is 5.56 Å². The van der Waals surface area contributed by atoms with Gasteiger partial charge in [-0.2, -0.15) is 0 Å². The largest absolute Gasteiger partial charge is 0.452 e. The number of nitrogens with zero attached hydrogens (tertiary/aromatic N) is 2. The molecule has 3 rings (SSSR count). The van der Waals surface area contributed by atoms with Gasteiger partial charge >= 0.3 is 5.97 Å². The maximum absolute atomic E-state index is 12.4. The van der Waals surface area contributed by atoms with Crippen LogP contribution in [0.5, 0.6) is 0 Å². The first-order valence-electron chi connectivity index (χ1n) is 8.66. The zero-order valence-corrected chi connectivity index (χ0v) is 14.2. The molecule has 0 aliphatic carbocycles. The van der Waals surface area contributed by atoms with E-state index >= 15 is 0 Å². The smallest absolute Gasteiger partial charge is 0.340 e. The first-order valence-corrected chi connectivity index (χ1v) is 8.66. The van der Waals surface area contributed by atoms with Crippen LogP contribution >= 0.6 is 0 Å². The number of para-hydroxylation sites is 1. The molecule has 0 unspecified atom stereocenters. The number of carbonyl (C=O) groups is 2. The summed E-state index contributed by atoms with van der Waals surface area (Å²) in [5.74, 6) is -0.530. The predicted molar refractivity (Wildman–Crippen MR) is 92.9 cm³/mol. The zero-order valence-electron chi connectivity index (χ0n) is 14.2. The van der Waals surface area contributed by atoms with E-state index in [0.29, 0.717) is 5.56 Å². The van der Waals surface area contributed by atoms with E-state index in [2.05, 4.69) is 0 Å². The molecule has 2 aromatic rings. The number of rotatable bonds is 3. The highest BCUT2D eigenvalue weighted by molar-refractivity contribution is 6.04. The van der Waals surface area contributed by atoms with Gasteiger partial charge in [-0.15, -0.1) is 0 Å². The van der Waals surface area contributed by atoms with Gasteiger partial charge in [0.15, 0.2) is 6.61 Å². The van der Waals surface area contributed by atoms with Gasteiger partial charge in [-0.05, 0) is 18.9 Å². The number of benzene rings is 1. The van der Waals surface area contributed by atoms with Crippen LogP contribution in [-0.4, -0.2) is 41.0 Å². The number of ether oxygens (including phenoxy) is 1. The minimum Gasteiger partial charge on any atom is -0.452 e. The fourth-order valence-corrected chi connectivity index (χ4v) is 3.30. The van der Waals surface area contributed by atoms with Gasteiger partial charge in [-0.1, -0.05) is 37.5 Å². The van der Waals surface area contributed by atoms with Crippen LogP contribution in [0.2, 0.25) is 0 Å². The molecule has 1 aromatic heterocycles. The average molecular weight is 328 g/mol. The Bertz CT molecular complexity index is 727. The number of amides is 1. The van der Waals surface area contributed by atoms with E-state index in [-0.39, 0.29) is 12.5 Å². The Hall–Kier alpha value is -2.30. The Morgan fingerprint density at radius 3 is 2.46 bits per heavy atom. The highest BCUT2D eigenvalue weighted by Gasteiger charge is 2.19. The molecule has 2 heterocycles. The Balaban J connectivity index is 1.63. The predicted octanol–water partition coefficient (Wildman–Crippen LogP) is 3.13. The number of aryl methyl sites for hydroxylation is 1. The molecule has 0 bridgehead atoms. The van der Waals surface area contributed by atoms with E-state index in [1.165, 1.54) is 19.3 Å². The Kier molecular flexibility index (Phi) is 5.18. The fourth-order valence-electron chi connectivity index (χ4n) is 3.30. The van der Waals surface area contributed by atoms with E-state index in [9.17, 15) is 9.59 Å². The van der Waals surface area contributed by atoms with Crippen molar-refractivity contribution in [3.63, 3.8) is 0 Å². The average Bonchev–Trinajstić information content (AvgIpc) is 2.90. The monoisotopic (exact) mass is 328 g/mol. The summed E-state index contributed by atoms with van der Waals surface area (Å²) in [4.78, 5) is 26.5. The molecule has 24 heavy (non-hydrogen) atoms. The number of fused-ring (bicyclic) bond motifs is 1. The summed E-state index contributed by atoms with van der Waals surface area (Å²) < 4.78 is 7.19. The molecule has 1 amide bonds. The molecule has 0 spiro atoms. The molecule has 1 aliphatic heterocycles. The van der Waals surface area contributed by atoms with E-state index in [1.54, 1.807) is 6.20 Å². The molecule has 0 radical (unpaired) electrons. The van der Waals surface area contributed by atoms with E-state index in [1.807, 2.05) is 40.8 Å². The van der Waals surface area contributed by atoms with Crippen LogP contribution < -0.4 is 0 Å². The third kappa shape index (κ3) is 3.61. The summed E-state index contributed by atoms with van der Waals surface area (Å²) in [6.07, 6.45) is 7.40. The molecule has 1 saturated heterocycles. The van der Waals surface area contributed by atoms with Gasteiger partial charge in [0.2, 0.25) is 0 Å². The van der Waals surface area contributed by atoms with Crippen molar-refractivity contribution >= 4 is 22.8 Å². The summed E-state index contributed by atoms with van der Waals surface area (Å²) in [6.45, 7) is 1.36. The summed E-state index contributed by atoms with van der Waals surface area (Å²) in [6, 6.07) is 7.68. The van der Waals surface area contributed by atoms with Gasteiger partial charge < -0.3 is 14.2 Å². The summed E-state index contributed by atoms with van der Waals surface area (Å²) in [5, 5.41) is 0.851. The Morgan fingerprint density at radius 1 is 1.04 bits per heavy atom. The molecule has 0 atom stereocenters. The lowest BCUT2D eigenvalue weighted by molar-refractivity contribution is -0.134. The van der Waals surface area contributed by atoms with Crippen LogP contribution in [0.3, 0.4) is 0 Å².